The van der Waals surface area contributed by atoms with Crippen LogP contribution in [0.15, 0.2) is 39.9 Å². The second-order valence-corrected chi connectivity index (χ2v) is 11.7. The number of carbonyl (C=O) groups is 2. The molecule has 4 rings (SSSR count). The third-order valence-electron chi connectivity index (χ3n) is 5.55. The molecule has 1 N–H and O–H groups in total. The number of nitrogens with zero attached hydrogens (tertiary/aromatic N) is 4. The molecule has 10 nitrogen and oxygen atoms in total. The molecule has 3 heterocycles. The number of hydrogen-bond acceptors (Lipinski definition) is 9. The molecule has 3 aromatic rings. The first-order chi connectivity index (χ1) is 17.6. The van der Waals surface area contributed by atoms with Crippen molar-refractivity contribution in [2.24, 2.45) is 0 Å². The van der Waals surface area contributed by atoms with Crippen LogP contribution in [0.1, 0.15) is 50.1 Å². The number of benzene rings is 1. The van der Waals surface area contributed by atoms with E-state index in [0.29, 0.717) is 42.2 Å². The second-order valence-electron chi connectivity index (χ2n) is 9.39. The summed E-state index contributed by atoms with van der Waals surface area (Å²) in [5.41, 5.74) is 1.28. The molecule has 2 amide bonds. The van der Waals surface area contributed by atoms with Gasteiger partial charge in [0.2, 0.25) is 11.6 Å². The number of rotatable bonds is 6. The number of hydrogen-bond donors (Lipinski definition) is 1. The Bertz CT molecular complexity index is 1340. The van der Waals surface area contributed by atoms with Gasteiger partial charge in [0.25, 0.3) is 5.03 Å². The largest absolute Gasteiger partial charge is 0.538 e. The highest BCUT2D eigenvalue weighted by Crippen LogP contribution is 2.38. The van der Waals surface area contributed by atoms with Gasteiger partial charge in [-0.05, 0) is 55.6 Å². The third kappa shape index (κ3) is 5.89. The van der Waals surface area contributed by atoms with Crippen LogP contribution < -0.4 is 15.1 Å². The molecule has 1 aliphatic heterocycles. The fourth-order valence-corrected chi connectivity index (χ4v) is 6.00. The van der Waals surface area contributed by atoms with Crippen LogP contribution in [-0.4, -0.2) is 39.6 Å². The van der Waals surface area contributed by atoms with E-state index in [1.54, 1.807) is 17.0 Å². The van der Waals surface area contributed by atoms with Crippen LogP contribution in [0.4, 0.5) is 9.80 Å². The zero-order valence-electron chi connectivity index (χ0n) is 20.9. The van der Waals surface area contributed by atoms with Crippen LogP contribution in [-0.2, 0) is 22.5 Å². The van der Waals surface area contributed by atoms with Gasteiger partial charge in [-0.1, -0.05) is 25.1 Å². The minimum atomic E-state index is -0.633. The smallest absolute Gasteiger partial charge is 0.410 e. The normalized spacial score (nSPS) is 14.0. The Morgan fingerprint density at radius 2 is 2.11 bits per heavy atom. The molecule has 0 spiro atoms. The molecule has 2 aromatic heterocycles. The zero-order valence-corrected chi connectivity index (χ0v) is 22.6. The van der Waals surface area contributed by atoms with Gasteiger partial charge in [0, 0.05) is 23.6 Å². The summed E-state index contributed by atoms with van der Waals surface area (Å²) in [7, 11) is 0. The summed E-state index contributed by atoms with van der Waals surface area (Å²) >= 11 is 2.35. The summed E-state index contributed by atoms with van der Waals surface area (Å²) in [6.45, 7) is 8.00. The summed E-state index contributed by atoms with van der Waals surface area (Å²) in [6.07, 6.45) is 0.509. The number of thiophene rings is 1. The Hall–Kier alpha value is -3.56. The van der Waals surface area contributed by atoms with Crippen molar-refractivity contribution in [3.8, 4) is 17.7 Å². The molecular formula is C25H27N5O5S2. The van der Waals surface area contributed by atoms with Gasteiger partial charge in [-0.15, -0.1) is 11.3 Å². The summed E-state index contributed by atoms with van der Waals surface area (Å²) in [6, 6.07) is 11.2. The van der Waals surface area contributed by atoms with Crippen molar-refractivity contribution in [1.82, 2.24) is 10.2 Å². The molecular weight excluding hydrogens is 514 g/mol. The maximum absolute atomic E-state index is 13.3. The fraction of sp³-hybridized carbons (Fsp3) is 0.400. The maximum atomic E-state index is 13.3. The summed E-state index contributed by atoms with van der Waals surface area (Å²) in [4.78, 5) is 28.2. The molecule has 0 saturated heterocycles. The number of thioether (sulfide) groups is 1. The average molecular weight is 542 g/mol. The lowest BCUT2D eigenvalue weighted by Crippen LogP contribution is -2.39. The molecule has 1 unspecified atom stereocenters. The van der Waals surface area contributed by atoms with Crippen LogP contribution in [0.2, 0.25) is 0 Å². The van der Waals surface area contributed by atoms with Crippen molar-refractivity contribution in [1.29, 1.82) is 5.26 Å². The van der Waals surface area contributed by atoms with Crippen molar-refractivity contribution in [2.75, 3.05) is 11.9 Å². The second kappa shape index (κ2) is 10.8. The van der Waals surface area contributed by atoms with Crippen molar-refractivity contribution < 1.29 is 28.6 Å². The highest BCUT2D eigenvalue weighted by atomic mass is 32.2. The number of carbonyl (C=O) groups excluding carboxylic acids is 2. The molecule has 12 heteroatoms. The molecule has 1 aliphatic rings. The van der Waals surface area contributed by atoms with Crippen LogP contribution in [0.25, 0.3) is 5.69 Å². The minimum Gasteiger partial charge on any atom is -0.538 e. The Labute approximate surface area is 222 Å². The van der Waals surface area contributed by atoms with Crippen LogP contribution in [0, 0.1) is 11.3 Å². The topological polar surface area (TPSA) is 135 Å². The average Bonchev–Trinajstić information content (AvgIpc) is 3.40. The summed E-state index contributed by atoms with van der Waals surface area (Å²) < 4.78 is 11.7. The quantitative estimate of drug-likeness (QED) is 0.368. The Morgan fingerprint density at radius 1 is 1.38 bits per heavy atom. The van der Waals surface area contributed by atoms with E-state index in [2.05, 4.69) is 16.7 Å². The van der Waals surface area contributed by atoms with Gasteiger partial charge < -0.3 is 24.6 Å². The monoisotopic (exact) mass is 541 g/mol. The van der Waals surface area contributed by atoms with E-state index in [4.69, 9.17) is 9.26 Å². The predicted octanol–water partition coefficient (Wildman–Crippen LogP) is 3.76. The number of nitrogens with one attached hydrogen (secondary N) is 1. The predicted molar refractivity (Wildman–Crippen MR) is 135 cm³/mol. The number of anilines is 1. The van der Waals surface area contributed by atoms with Crippen LogP contribution in [0.5, 0.6) is 5.95 Å². The minimum absolute atomic E-state index is 0.187. The number of para-hydroxylation sites is 1. The van der Waals surface area contributed by atoms with Gasteiger partial charge >= 0.3 is 6.09 Å². The number of nitriles is 1. The first-order valence-electron chi connectivity index (χ1n) is 11.8. The SMILES string of the molecule is CCC(Sc1c([O-])on[n+]1-c1ccccc1)C(=O)Nc1sc2c(c1C#N)CCN(C(=O)OC(C)(C)C)C2. The Kier molecular flexibility index (Phi) is 7.75. The molecule has 1 aromatic carbocycles. The molecule has 194 valence electrons. The van der Waals surface area contributed by atoms with Gasteiger partial charge in [0.05, 0.1) is 22.6 Å². The van der Waals surface area contributed by atoms with Crippen LogP contribution >= 0.6 is 23.1 Å². The van der Waals surface area contributed by atoms with Crippen molar-refractivity contribution in [3.63, 3.8) is 0 Å². The highest BCUT2D eigenvalue weighted by Gasteiger charge is 2.32. The summed E-state index contributed by atoms with van der Waals surface area (Å²) in [5.74, 6) is -0.974. The Balaban J connectivity index is 1.51. The summed E-state index contributed by atoms with van der Waals surface area (Å²) in [5, 5.41) is 28.9. The van der Waals surface area contributed by atoms with Crippen molar-refractivity contribution >= 4 is 40.1 Å². The molecule has 0 fully saturated rings. The molecule has 37 heavy (non-hydrogen) atoms. The number of amides is 2. The van der Waals surface area contributed by atoms with Crippen molar-refractivity contribution in [2.45, 2.75) is 63.0 Å². The molecule has 0 saturated carbocycles. The van der Waals surface area contributed by atoms with E-state index in [1.165, 1.54) is 16.0 Å². The van der Waals surface area contributed by atoms with Crippen LogP contribution in [0.3, 0.4) is 0 Å². The molecule has 1 atom stereocenters. The van der Waals surface area contributed by atoms with E-state index in [9.17, 15) is 20.0 Å². The van der Waals surface area contributed by atoms with Gasteiger partial charge in [-0.25, -0.2) is 4.79 Å². The molecule has 0 bridgehead atoms. The highest BCUT2D eigenvalue weighted by molar-refractivity contribution is 8.00. The van der Waals surface area contributed by atoms with Gasteiger partial charge in [-0.2, -0.15) is 5.26 Å². The number of aromatic nitrogens is 2. The van der Waals surface area contributed by atoms with Gasteiger partial charge in [0.1, 0.15) is 16.7 Å². The zero-order chi connectivity index (χ0) is 26.7. The van der Waals surface area contributed by atoms with Gasteiger partial charge in [-0.3, -0.25) is 4.79 Å². The maximum Gasteiger partial charge on any atom is 0.410 e. The third-order valence-corrected chi connectivity index (χ3v) is 8.07. The number of fused-ring (bicyclic) bond motifs is 1. The lowest BCUT2D eigenvalue weighted by molar-refractivity contribution is -0.705. The van der Waals surface area contributed by atoms with Crippen molar-refractivity contribution in [3.05, 3.63) is 46.3 Å². The molecule has 0 radical (unpaired) electrons. The standard InChI is InChI=1S/C25H27N5O5S2/c1-5-18(37-22-23(32)35-28-30(22)15-9-7-6-8-10-15)20(31)27-21-17(13-26)16-11-12-29(14-19(16)36-21)24(33)34-25(2,3)4/h6-10,18H,5,11-12,14H2,1-4H3,(H-,27,28,31,32). The lowest BCUT2D eigenvalue weighted by Gasteiger charge is -2.29. The van der Waals surface area contributed by atoms with E-state index in [1.807, 2.05) is 45.9 Å². The van der Waals surface area contributed by atoms with E-state index < -0.39 is 22.9 Å². The van der Waals surface area contributed by atoms with E-state index >= 15 is 0 Å². The van der Waals surface area contributed by atoms with Gasteiger partial charge in [0.15, 0.2) is 5.95 Å². The number of ether oxygens (including phenoxy) is 1. The first kappa shape index (κ1) is 26.5. The fourth-order valence-electron chi connectivity index (χ4n) is 3.81. The first-order valence-corrected chi connectivity index (χ1v) is 13.5. The van der Waals surface area contributed by atoms with E-state index in [0.717, 1.165) is 22.2 Å². The lowest BCUT2D eigenvalue weighted by atomic mass is 10.0. The molecule has 0 aliphatic carbocycles. The van der Waals surface area contributed by atoms with E-state index in [-0.39, 0.29) is 10.9 Å². The Morgan fingerprint density at radius 3 is 2.76 bits per heavy atom.